The van der Waals surface area contributed by atoms with Crippen LogP contribution in [0.3, 0.4) is 0 Å². The predicted molar refractivity (Wildman–Crippen MR) is 120 cm³/mol. The van der Waals surface area contributed by atoms with Gasteiger partial charge in [-0.2, -0.15) is 10.5 Å². The van der Waals surface area contributed by atoms with E-state index in [1.54, 1.807) is 37.3 Å². The first-order valence-electron chi connectivity index (χ1n) is 9.48. The first kappa shape index (κ1) is 21.8. The van der Waals surface area contributed by atoms with E-state index in [0.717, 1.165) is 27.7 Å². The fourth-order valence-corrected chi connectivity index (χ4v) is 3.92. The number of anilines is 1. The number of benzene rings is 2. The highest BCUT2D eigenvalue weighted by Gasteiger charge is 2.25. The van der Waals surface area contributed by atoms with Crippen LogP contribution in [0.15, 0.2) is 40.8 Å². The standard InChI is InChI=1S/C22H20IN5O2/c1-3-4-17-18(10-9-16(12-25)19(17)23)26-20(13(2)29)22-28-27-21(30-22)15-7-5-14(11-24)6-8-15/h5-10,13,20,26,29H,3-4H2,1-2H3/t13-,20+/m0/s1. The van der Waals surface area contributed by atoms with E-state index in [1.807, 2.05) is 6.07 Å². The van der Waals surface area contributed by atoms with Gasteiger partial charge in [0.2, 0.25) is 11.8 Å². The van der Waals surface area contributed by atoms with Gasteiger partial charge in [-0.05, 0) is 77.9 Å². The van der Waals surface area contributed by atoms with Crippen molar-refractivity contribution in [1.82, 2.24) is 10.2 Å². The van der Waals surface area contributed by atoms with Crippen molar-refractivity contribution >= 4 is 28.3 Å². The van der Waals surface area contributed by atoms with Crippen LogP contribution < -0.4 is 5.32 Å². The molecule has 152 valence electrons. The molecule has 8 heteroatoms. The Morgan fingerprint density at radius 1 is 1.13 bits per heavy atom. The molecule has 30 heavy (non-hydrogen) atoms. The first-order valence-corrected chi connectivity index (χ1v) is 10.6. The fourth-order valence-electron chi connectivity index (χ4n) is 3.06. The predicted octanol–water partition coefficient (Wildman–Crippen LogP) is 4.57. The van der Waals surface area contributed by atoms with Crippen LogP contribution in [0.5, 0.6) is 0 Å². The van der Waals surface area contributed by atoms with Crippen LogP contribution in [0.2, 0.25) is 0 Å². The highest BCUT2D eigenvalue weighted by Crippen LogP contribution is 2.31. The van der Waals surface area contributed by atoms with Crippen molar-refractivity contribution in [2.75, 3.05) is 5.32 Å². The number of nitriles is 2. The second-order valence-corrected chi connectivity index (χ2v) is 7.89. The third kappa shape index (κ3) is 4.61. The number of hydrogen-bond donors (Lipinski definition) is 2. The number of aliphatic hydroxyl groups is 1. The van der Waals surface area contributed by atoms with E-state index in [0.29, 0.717) is 22.6 Å². The highest BCUT2D eigenvalue weighted by molar-refractivity contribution is 14.1. The molecule has 2 aromatic carbocycles. The Hall–Kier alpha value is -2.95. The quantitative estimate of drug-likeness (QED) is 0.445. The summed E-state index contributed by atoms with van der Waals surface area (Å²) in [6.07, 6.45) is 0.910. The maximum absolute atomic E-state index is 10.4. The molecule has 0 fully saturated rings. The molecule has 1 heterocycles. The largest absolute Gasteiger partial charge is 0.418 e. The lowest BCUT2D eigenvalue weighted by atomic mass is 10.0. The number of nitrogens with zero attached hydrogens (tertiary/aromatic N) is 4. The van der Waals surface area contributed by atoms with E-state index in [1.165, 1.54) is 0 Å². The molecular formula is C22H20IN5O2. The van der Waals surface area contributed by atoms with Gasteiger partial charge in [-0.25, -0.2) is 0 Å². The number of nitrogens with one attached hydrogen (secondary N) is 1. The van der Waals surface area contributed by atoms with Crippen LogP contribution in [0.25, 0.3) is 11.5 Å². The van der Waals surface area contributed by atoms with Crippen LogP contribution in [-0.4, -0.2) is 21.4 Å². The normalized spacial score (nSPS) is 12.6. The molecule has 3 aromatic rings. The molecular weight excluding hydrogens is 493 g/mol. The Kier molecular flexibility index (Phi) is 7.03. The Morgan fingerprint density at radius 2 is 1.87 bits per heavy atom. The summed E-state index contributed by atoms with van der Waals surface area (Å²) in [6, 6.07) is 14.1. The molecule has 0 spiro atoms. The summed E-state index contributed by atoms with van der Waals surface area (Å²) < 4.78 is 6.73. The van der Waals surface area contributed by atoms with Crippen LogP contribution in [0, 0.1) is 26.2 Å². The van der Waals surface area contributed by atoms with Crippen molar-refractivity contribution in [3.63, 3.8) is 0 Å². The minimum atomic E-state index is -0.804. The maximum Gasteiger partial charge on any atom is 0.247 e. The third-order valence-corrected chi connectivity index (χ3v) is 5.86. The van der Waals surface area contributed by atoms with Gasteiger partial charge in [0.1, 0.15) is 12.1 Å². The highest BCUT2D eigenvalue weighted by atomic mass is 127. The van der Waals surface area contributed by atoms with E-state index < -0.39 is 12.1 Å². The molecule has 0 aliphatic carbocycles. The van der Waals surface area contributed by atoms with Crippen molar-refractivity contribution in [2.24, 2.45) is 0 Å². The smallest absolute Gasteiger partial charge is 0.247 e. The summed E-state index contributed by atoms with van der Waals surface area (Å²) in [5.41, 5.74) is 3.70. The summed E-state index contributed by atoms with van der Waals surface area (Å²) in [4.78, 5) is 0. The summed E-state index contributed by atoms with van der Waals surface area (Å²) in [6.45, 7) is 3.73. The molecule has 0 saturated carbocycles. The van der Waals surface area contributed by atoms with Crippen molar-refractivity contribution in [3.8, 4) is 23.6 Å². The number of halogens is 1. The van der Waals surface area contributed by atoms with E-state index >= 15 is 0 Å². The molecule has 7 nitrogen and oxygen atoms in total. The third-order valence-electron chi connectivity index (χ3n) is 4.62. The van der Waals surface area contributed by atoms with E-state index in [2.05, 4.69) is 57.2 Å². The molecule has 0 saturated heterocycles. The molecule has 0 aliphatic heterocycles. The summed E-state index contributed by atoms with van der Waals surface area (Å²) in [7, 11) is 0. The minimum absolute atomic E-state index is 0.256. The minimum Gasteiger partial charge on any atom is -0.418 e. The van der Waals surface area contributed by atoms with Gasteiger partial charge in [0.05, 0.1) is 23.3 Å². The van der Waals surface area contributed by atoms with Crippen molar-refractivity contribution in [2.45, 2.75) is 38.8 Å². The average molecular weight is 513 g/mol. The number of aromatic nitrogens is 2. The Balaban J connectivity index is 1.93. The second-order valence-electron chi connectivity index (χ2n) is 6.81. The Bertz CT molecular complexity index is 1110. The summed E-state index contributed by atoms with van der Waals surface area (Å²) in [5, 5.41) is 40.2. The van der Waals surface area contributed by atoms with E-state index in [-0.39, 0.29) is 5.89 Å². The molecule has 2 N–H and O–H groups in total. The van der Waals surface area contributed by atoms with Crippen molar-refractivity contribution in [3.05, 3.63) is 62.5 Å². The maximum atomic E-state index is 10.4. The van der Waals surface area contributed by atoms with Crippen LogP contribution in [0.4, 0.5) is 5.69 Å². The molecule has 0 aliphatic rings. The van der Waals surface area contributed by atoms with Gasteiger partial charge in [0, 0.05) is 14.8 Å². The van der Waals surface area contributed by atoms with E-state index in [9.17, 15) is 10.4 Å². The summed E-state index contributed by atoms with van der Waals surface area (Å²) in [5.74, 6) is 0.566. The first-order chi connectivity index (χ1) is 14.5. The number of hydrogen-bond acceptors (Lipinski definition) is 7. The molecule has 0 amide bonds. The molecule has 3 rings (SSSR count). The SMILES string of the molecule is CCCc1c(N[C@@H](c2nnc(-c3ccc(C#N)cc3)o2)[C@H](C)O)ccc(C#N)c1I. The number of rotatable bonds is 7. The Morgan fingerprint density at radius 3 is 2.47 bits per heavy atom. The lowest BCUT2D eigenvalue weighted by Crippen LogP contribution is -2.24. The summed E-state index contributed by atoms with van der Waals surface area (Å²) >= 11 is 2.19. The zero-order valence-corrected chi connectivity index (χ0v) is 18.7. The van der Waals surface area contributed by atoms with Gasteiger partial charge in [-0.3, -0.25) is 0 Å². The molecule has 0 bridgehead atoms. The second kappa shape index (κ2) is 9.70. The van der Waals surface area contributed by atoms with Gasteiger partial charge in [0.25, 0.3) is 0 Å². The van der Waals surface area contributed by atoms with Gasteiger partial charge in [-0.15, -0.1) is 10.2 Å². The van der Waals surface area contributed by atoms with Gasteiger partial charge >= 0.3 is 0 Å². The van der Waals surface area contributed by atoms with Gasteiger partial charge < -0.3 is 14.8 Å². The zero-order valence-electron chi connectivity index (χ0n) is 16.6. The van der Waals surface area contributed by atoms with Crippen LogP contribution in [-0.2, 0) is 6.42 Å². The monoisotopic (exact) mass is 513 g/mol. The average Bonchev–Trinajstić information content (AvgIpc) is 3.24. The molecule has 0 unspecified atom stereocenters. The van der Waals surface area contributed by atoms with Gasteiger partial charge in [-0.1, -0.05) is 13.3 Å². The van der Waals surface area contributed by atoms with Gasteiger partial charge in [0.15, 0.2) is 0 Å². The van der Waals surface area contributed by atoms with E-state index in [4.69, 9.17) is 9.68 Å². The number of aliphatic hydroxyl groups excluding tert-OH is 1. The molecule has 0 radical (unpaired) electrons. The van der Waals surface area contributed by atoms with Crippen LogP contribution >= 0.6 is 22.6 Å². The van der Waals surface area contributed by atoms with Crippen LogP contribution in [0.1, 0.15) is 48.9 Å². The lowest BCUT2D eigenvalue weighted by Gasteiger charge is -2.22. The zero-order chi connectivity index (χ0) is 21.7. The molecule has 2 atom stereocenters. The van der Waals surface area contributed by atoms with Crippen molar-refractivity contribution < 1.29 is 9.52 Å². The fraction of sp³-hybridized carbons (Fsp3) is 0.273. The topological polar surface area (TPSA) is 119 Å². The van der Waals surface area contributed by atoms with Crippen molar-refractivity contribution in [1.29, 1.82) is 10.5 Å². The Labute approximate surface area is 188 Å². The molecule has 1 aromatic heterocycles. The lowest BCUT2D eigenvalue weighted by molar-refractivity contribution is 0.159.